The van der Waals surface area contributed by atoms with E-state index >= 15 is 0 Å². The summed E-state index contributed by atoms with van der Waals surface area (Å²) in [5.74, 6) is 1.19. The van der Waals surface area contributed by atoms with Crippen LogP contribution in [0, 0.1) is 5.92 Å². The number of carbonyl (C=O) groups is 2. The molecular weight excluding hydrogens is 486 g/mol. The highest BCUT2D eigenvalue weighted by Crippen LogP contribution is 2.59. The number of nitrogens with zero attached hydrogens (tertiary/aromatic N) is 2. The van der Waals surface area contributed by atoms with Crippen molar-refractivity contribution in [1.82, 2.24) is 15.3 Å². The molecule has 38 heavy (non-hydrogen) atoms. The van der Waals surface area contributed by atoms with Crippen LogP contribution in [-0.2, 0) is 16.6 Å². The lowest BCUT2D eigenvalue weighted by Crippen LogP contribution is -2.45. The van der Waals surface area contributed by atoms with E-state index in [0.717, 1.165) is 22.4 Å². The number of rotatable bonds is 3. The van der Waals surface area contributed by atoms with Crippen LogP contribution in [0.4, 0.5) is 5.69 Å². The monoisotopic (exact) mass is 511 g/mol. The molecule has 4 N–H and O–H groups in total. The number of aldehydes is 1. The number of amides is 1. The lowest BCUT2D eigenvalue weighted by Gasteiger charge is -2.28. The molecule has 0 saturated carbocycles. The zero-order valence-electron chi connectivity index (χ0n) is 20.7. The summed E-state index contributed by atoms with van der Waals surface area (Å²) in [5, 5.41) is 6.54. The van der Waals surface area contributed by atoms with Gasteiger partial charge in [0.25, 0.3) is 0 Å². The predicted molar refractivity (Wildman–Crippen MR) is 136 cm³/mol. The van der Waals surface area contributed by atoms with Crippen molar-refractivity contribution in [3.8, 4) is 17.3 Å². The molecule has 0 radical (unpaired) electrons. The van der Waals surface area contributed by atoms with Crippen LogP contribution in [0.15, 0.2) is 57.6 Å². The zero-order valence-corrected chi connectivity index (χ0v) is 20.7. The molecule has 0 aliphatic carbocycles. The van der Waals surface area contributed by atoms with E-state index in [2.05, 4.69) is 15.6 Å². The number of ether oxygens (including phenoxy) is 1. The molecule has 2 aromatic heterocycles. The number of oxazole rings is 2. The van der Waals surface area contributed by atoms with Crippen LogP contribution in [0.1, 0.15) is 58.7 Å². The van der Waals surface area contributed by atoms with Crippen molar-refractivity contribution >= 4 is 17.9 Å². The van der Waals surface area contributed by atoms with E-state index in [9.17, 15) is 9.59 Å². The molecule has 2 unspecified atom stereocenters. The van der Waals surface area contributed by atoms with Crippen molar-refractivity contribution in [2.75, 3.05) is 5.32 Å². The van der Waals surface area contributed by atoms with E-state index in [1.807, 2.05) is 56.3 Å². The SMILES string of the molecule is CC(C)[C@@H]1NC(=O)[C@@H](N)Cc2ccc3c(c2)C2(c4ccccc4NC2O3)c2oc1nc2-c1nc(C=O)co1. The molecule has 10 nitrogen and oxygen atoms in total. The van der Waals surface area contributed by atoms with E-state index in [4.69, 9.17) is 24.3 Å². The average molecular weight is 512 g/mol. The first-order chi connectivity index (χ1) is 18.4. The minimum absolute atomic E-state index is 0.0703. The molecule has 10 heteroatoms. The summed E-state index contributed by atoms with van der Waals surface area (Å²) in [6, 6.07) is 12.5. The maximum absolute atomic E-state index is 13.1. The third kappa shape index (κ3) is 3.03. The summed E-state index contributed by atoms with van der Waals surface area (Å²) >= 11 is 0. The van der Waals surface area contributed by atoms with Crippen molar-refractivity contribution < 1.29 is 23.2 Å². The van der Waals surface area contributed by atoms with Crippen molar-refractivity contribution in [1.29, 1.82) is 0 Å². The van der Waals surface area contributed by atoms with Gasteiger partial charge in [0.2, 0.25) is 17.7 Å². The van der Waals surface area contributed by atoms with Crippen LogP contribution in [0.25, 0.3) is 11.6 Å². The molecule has 0 fully saturated rings. The minimum atomic E-state index is -0.951. The maximum Gasteiger partial charge on any atom is 0.249 e. The molecule has 3 aliphatic heterocycles. The Morgan fingerprint density at radius 2 is 1.97 bits per heavy atom. The number of aromatic nitrogens is 2. The second-order valence-corrected chi connectivity index (χ2v) is 10.3. The smallest absolute Gasteiger partial charge is 0.249 e. The molecule has 0 saturated heterocycles. The first-order valence-electron chi connectivity index (χ1n) is 12.5. The van der Waals surface area contributed by atoms with E-state index in [1.165, 1.54) is 6.26 Å². The molecule has 4 bridgehead atoms. The van der Waals surface area contributed by atoms with Crippen molar-refractivity contribution in [3.05, 3.63) is 82.8 Å². The van der Waals surface area contributed by atoms with Crippen molar-refractivity contribution in [2.45, 2.75) is 44.0 Å². The standard InChI is InChI=1S/C28H25N5O5/c1-13(2)21-26-33-22(25-30-15(11-34)12-36-25)23(38-26)28-16-5-3-4-6-19(16)31-27(28)37-20-8-7-14(9-17(20)28)10-18(29)24(35)32-21/h3-9,11-13,18,21,27,31H,10,29H2,1-2H3,(H,32,35)/t18-,21-,27?,28?/m0/s1. The fourth-order valence-electron chi connectivity index (χ4n) is 5.80. The highest BCUT2D eigenvalue weighted by Gasteiger charge is 2.61. The Hall–Kier alpha value is -4.44. The summed E-state index contributed by atoms with van der Waals surface area (Å²) in [5.41, 5.74) is 9.47. The van der Waals surface area contributed by atoms with Crippen LogP contribution >= 0.6 is 0 Å². The second kappa shape index (κ2) is 8.03. The Kier molecular flexibility index (Phi) is 4.80. The molecule has 1 amide bonds. The first kappa shape index (κ1) is 22.7. The Balaban J connectivity index is 1.59. The predicted octanol–water partition coefficient (Wildman–Crippen LogP) is 3.32. The summed E-state index contributed by atoms with van der Waals surface area (Å²) in [6.07, 6.45) is 1.70. The molecule has 1 spiro atoms. The van der Waals surface area contributed by atoms with Gasteiger partial charge < -0.3 is 29.9 Å². The van der Waals surface area contributed by atoms with Crippen LogP contribution in [0.5, 0.6) is 5.75 Å². The zero-order chi connectivity index (χ0) is 26.2. The minimum Gasteiger partial charge on any atom is -0.469 e. The van der Waals surface area contributed by atoms with Crippen LogP contribution in [-0.4, -0.2) is 34.4 Å². The number of hydrogen-bond acceptors (Lipinski definition) is 9. The Morgan fingerprint density at radius 1 is 1.13 bits per heavy atom. The molecule has 192 valence electrons. The number of anilines is 1. The number of fused-ring (bicyclic) bond motifs is 4. The van der Waals surface area contributed by atoms with Gasteiger partial charge in [-0.3, -0.25) is 9.59 Å². The van der Waals surface area contributed by atoms with Gasteiger partial charge in [-0.15, -0.1) is 0 Å². The summed E-state index contributed by atoms with van der Waals surface area (Å²) in [6.45, 7) is 3.93. The maximum atomic E-state index is 13.1. The topological polar surface area (TPSA) is 146 Å². The second-order valence-electron chi connectivity index (χ2n) is 10.3. The fraction of sp³-hybridized carbons (Fsp3) is 0.286. The lowest BCUT2D eigenvalue weighted by atomic mass is 9.72. The molecule has 2 aromatic carbocycles. The molecule has 3 aliphatic rings. The Labute approximate surface area is 217 Å². The molecule has 4 atom stereocenters. The van der Waals surface area contributed by atoms with Gasteiger partial charge in [-0.25, -0.2) is 9.97 Å². The number of benzene rings is 2. The molecule has 5 heterocycles. The average Bonchev–Trinajstić information content (AvgIpc) is 3.66. The van der Waals surface area contributed by atoms with Crippen molar-refractivity contribution in [3.63, 3.8) is 0 Å². The largest absolute Gasteiger partial charge is 0.469 e. The first-order valence-corrected chi connectivity index (χ1v) is 12.5. The number of hydrogen-bond donors (Lipinski definition) is 3. The molecular formula is C28H25N5O5. The van der Waals surface area contributed by atoms with E-state index in [0.29, 0.717) is 35.8 Å². The highest BCUT2D eigenvalue weighted by molar-refractivity contribution is 5.82. The van der Waals surface area contributed by atoms with Gasteiger partial charge in [0.05, 0.1) is 6.04 Å². The van der Waals surface area contributed by atoms with Gasteiger partial charge in [0, 0.05) is 11.3 Å². The molecule has 7 rings (SSSR count). The van der Waals surface area contributed by atoms with Gasteiger partial charge in [-0.1, -0.05) is 44.2 Å². The van der Waals surface area contributed by atoms with Crippen LogP contribution in [0.2, 0.25) is 0 Å². The summed E-state index contributed by atoms with van der Waals surface area (Å²) in [4.78, 5) is 33.8. The third-order valence-corrected chi connectivity index (χ3v) is 7.62. The van der Waals surface area contributed by atoms with Gasteiger partial charge in [-0.05, 0) is 35.6 Å². The van der Waals surface area contributed by atoms with Gasteiger partial charge in [-0.2, -0.15) is 0 Å². The Bertz CT molecular complexity index is 1610. The highest BCUT2D eigenvalue weighted by atomic mass is 16.5. The molecule has 4 aromatic rings. The summed E-state index contributed by atoms with van der Waals surface area (Å²) < 4.78 is 18.9. The van der Waals surface area contributed by atoms with Crippen LogP contribution < -0.4 is 21.1 Å². The van der Waals surface area contributed by atoms with E-state index in [-0.39, 0.29) is 23.4 Å². The summed E-state index contributed by atoms with van der Waals surface area (Å²) in [7, 11) is 0. The third-order valence-electron chi connectivity index (χ3n) is 7.62. The van der Waals surface area contributed by atoms with E-state index in [1.54, 1.807) is 0 Å². The van der Waals surface area contributed by atoms with E-state index < -0.39 is 23.7 Å². The normalized spacial score (nSPS) is 24.9. The van der Waals surface area contributed by atoms with Gasteiger partial charge >= 0.3 is 0 Å². The number of carbonyl (C=O) groups excluding carboxylic acids is 2. The quantitative estimate of drug-likeness (QED) is 0.353. The Morgan fingerprint density at radius 3 is 2.76 bits per heavy atom. The fourth-order valence-corrected chi connectivity index (χ4v) is 5.80. The lowest BCUT2D eigenvalue weighted by molar-refractivity contribution is -0.123. The number of nitrogens with two attached hydrogens (primary N) is 1. The van der Waals surface area contributed by atoms with Crippen LogP contribution in [0.3, 0.4) is 0 Å². The number of nitrogens with one attached hydrogen (secondary N) is 2. The van der Waals surface area contributed by atoms with Crippen molar-refractivity contribution in [2.24, 2.45) is 11.7 Å². The van der Waals surface area contributed by atoms with Gasteiger partial charge in [0.15, 0.2) is 24.0 Å². The number of para-hydroxylation sites is 1. The van der Waals surface area contributed by atoms with Gasteiger partial charge in [0.1, 0.15) is 29.2 Å².